The molecule has 1 rings (SSSR count). The minimum Gasteiger partial charge on any atom is -0.391 e. The van der Waals surface area contributed by atoms with E-state index in [2.05, 4.69) is 37.9 Å². The van der Waals surface area contributed by atoms with Crippen molar-refractivity contribution >= 4 is 28.5 Å². The fourth-order valence-electron chi connectivity index (χ4n) is 0.769. The first-order valence-electron chi connectivity index (χ1n) is 4.35. The van der Waals surface area contributed by atoms with Gasteiger partial charge in [0.05, 0.1) is 11.6 Å². The van der Waals surface area contributed by atoms with E-state index in [1.54, 1.807) is 19.3 Å². The summed E-state index contributed by atoms with van der Waals surface area (Å²) in [7, 11) is 0. The van der Waals surface area contributed by atoms with Crippen molar-refractivity contribution in [3.05, 3.63) is 16.0 Å². The van der Waals surface area contributed by atoms with E-state index in [1.807, 2.05) is 13.8 Å². The highest BCUT2D eigenvalue weighted by Crippen LogP contribution is 2.14. The molecular weight excluding hydrogens is 293 g/mol. The molecule has 0 radical (unpaired) electrons. The van der Waals surface area contributed by atoms with Gasteiger partial charge in [0.25, 0.3) is 0 Å². The Labute approximate surface area is 97.3 Å². The fraction of sp³-hybridized carbons (Fsp3) is 0.556. The molecule has 1 heterocycles. The van der Waals surface area contributed by atoms with Crippen molar-refractivity contribution in [3.63, 3.8) is 0 Å². The molecule has 0 saturated heterocycles. The first-order valence-corrected chi connectivity index (χ1v) is 5.43. The van der Waals surface area contributed by atoms with Gasteiger partial charge < -0.3 is 10.4 Å². The molecule has 0 aliphatic carbocycles. The fourth-order valence-corrected chi connectivity index (χ4v) is 1.05. The van der Waals surface area contributed by atoms with Gasteiger partial charge in [-0.25, -0.2) is 9.97 Å². The van der Waals surface area contributed by atoms with Crippen LogP contribution in [0.5, 0.6) is 0 Å². The average molecular weight is 307 g/mol. The minimum atomic E-state index is -0.467. The molecule has 4 nitrogen and oxygen atoms in total. The number of anilines is 1. The number of nitrogens with one attached hydrogen (secondary N) is 1. The summed E-state index contributed by atoms with van der Waals surface area (Å²) < 4.78 is 0.989. The monoisotopic (exact) mass is 307 g/mol. The van der Waals surface area contributed by atoms with Crippen LogP contribution in [-0.2, 0) is 0 Å². The Balaban J connectivity index is 2.74. The van der Waals surface area contributed by atoms with E-state index in [9.17, 15) is 5.11 Å². The van der Waals surface area contributed by atoms with Crippen molar-refractivity contribution in [2.75, 3.05) is 5.32 Å². The largest absolute Gasteiger partial charge is 0.391 e. The number of nitrogens with zero attached hydrogens (tertiary/aromatic N) is 2. The van der Waals surface area contributed by atoms with Gasteiger partial charge in [0.2, 0.25) is 5.95 Å². The van der Waals surface area contributed by atoms with Crippen LogP contribution in [0.25, 0.3) is 0 Å². The maximum atomic E-state index is 9.48. The second-order valence-electron chi connectivity index (χ2n) is 3.75. The molecule has 0 bridgehead atoms. The first kappa shape index (κ1) is 11.6. The topological polar surface area (TPSA) is 58.0 Å². The zero-order chi connectivity index (χ0) is 10.8. The Hall–Kier alpha value is -0.430. The van der Waals surface area contributed by atoms with Crippen molar-refractivity contribution in [1.29, 1.82) is 0 Å². The number of aromatic nitrogens is 2. The van der Waals surface area contributed by atoms with Crippen LogP contribution in [0.15, 0.2) is 12.4 Å². The molecule has 0 aliphatic rings. The van der Waals surface area contributed by atoms with Crippen molar-refractivity contribution < 1.29 is 5.11 Å². The minimum absolute atomic E-state index is 0.424. The number of rotatable bonds is 3. The molecule has 0 fully saturated rings. The van der Waals surface area contributed by atoms with Gasteiger partial charge in [0, 0.05) is 16.0 Å². The molecular formula is C9H14IN3O. The summed E-state index contributed by atoms with van der Waals surface area (Å²) in [5, 5.41) is 12.5. The molecule has 1 aromatic heterocycles. The lowest BCUT2D eigenvalue weighted by Gasteiger charge is -2.29. The summed E-state index contributed by atoms with van der Waals surface area (Å²) in [5.74, 6) is 0.538. The van der Waals surface area contributed by atoms with Gasteiger partial charge in [-0.2, -0.15) is 0 Å². The summed E-state index contributed by atoms with van der Waals surface area (Å²) in [4.78, 5) is 8.21. The van der Waals surface area contributed by atoms with Crippen LogP contribution in [0, 0.1) is 3.57 Å². The Morgan fingerprint density at radius 3 is 2.36 bits per heavy atom. The van der Waals surface area contributed by atoms with Gasteiger partial charge >= 0.3 is 0 Å². The van der Waals surface area contributed by atoms with Gasteiger partial charge in [-0.15, -0.1) is 0 Å². The molecule has 0 saturated carbocycles. The lowest BCUT2D eigenvalue weighted by Crippen LogP contribution is -2.42. The zero-order valence-electron chi connectivity index (χ0n) is 8.45. The molecule has 1 aromatic rings. The van der Waals surface area contributed by atoms with Crippen LogP contribution in [-0.4, -0.2) is 26.7 Å². The van der Waals surface area contributed by atoms with Gasteiger partial charge in [-0.1, -0.05) is 0 Å². The molecule has 78 valence electrons. The van der Waals surface area contributed by atoms with Gasteiger partial charge in [0.15, 0.2) is 0 Å². The van der Waals surface area contributed by atoms with E-state index in [4.69, 9.17) is 0 Å². The SMILES string of the molecule is CC(O)C(C)(C)Nc1ncc(I)cn1. The van der Waals surface area contributed by atoms with Crippen LogP contribution in [0.4, 0.5) is 5.95 Å². The smallest absolute Gasteiger partial charge is 0.223 e. The molecule has 1 atom stereocenters. The standard InChI is InChI=1S/C9H14IN3O/c1-6(14)9(2,3)13-8-11-4-7(10)5-12-8/h4-6,14H,1-3H3,(H,11,12,13). The van der Waals surface area contributed by atoms with Crippen LogP contribution >= 0.6 is 22.6 Å². The quantitative estimate of drug-likeness (QED) is 0.834. The van der Waals surface area contributed by atoms with Crippen LogP contribution in [0.1, 0.15) is 20.8 Å². The van der Waals surface area contributed by atoms with Crippen LogP contribution < -0.4 is 5.32 Å². The first-order chi connectivity index (χ1) is 6.42. The summed E-state index contributed by atoms with van der Waals surface area (Å²) in [6.45, 7) is 5.54. The zero-order valence-corrected chi connectivity index (χ0v) is 10.6. The van der Waals surface area contributed by atoms with Crippen LogP contribution in [0.2, 0.25) is 0 Å². The third-order valence-electron chi connectivity index (χ3n) is 2.10. The highest BCUT2D eigenvalue weighted by atomic mass is 127. The number of aliphatic hydroxyl groups excluding tert-OH is 1. The van der Waals surface area contributed by atoms with Crippen molar-refractivity contribution in [2.45, 2.75) is 32.4 Å². The molecule has 0 amide bonds. The second-order valence-corrected chi connectivity index (χ2v) is 4.99. The lowest BCUT2D eigenvalue weighted by atomic mass is 9.99. The predicted molar refractivity (Wildman–Crippen MR) is 64.1 cm³/mol. The maximum absolute atomic E-state index is 9.48. The molecule has 1 unspecified atom stereocenters. The molecule has 5 heteroatoms. The molecule has 14 heavy (non-hydrogen) atoms. The Kier molecular flexibility index (Phi) is 3.65. The maximum Gasteiger partial charge on any atom is 0.223 e. The predicted octanol–water partition coefficient (Wildman–Crippen LogP) is 1.65. The van der Waals surface area contributed by atoms with E-state index in [0.29, 0.717) is 5.95 Å². The van der Waals surface area contributed by atoms with E-state index in [0.717, 1.165) is 3.57 Å². The third-order valence-corrected chi connectivity index (χ3v) is 2.66. The van der Waals surface area contributed by atoms with Crippen molar-refractivity contribution in [1.82, 2.24) is 9.97 Å². The van der Waals surface area contributed by atoms with Gasteiger partial charge in [0.1, 0.15) is 0 Å². The third kappa shape index (κ3) is 3.06. The second kappa shape index (κ2) is 4.39. The van der Waals surface area contributed by atoms with Crippen molar-refractivity contribution in [2.24, 2.45) is 0 Å². The van der Waals surface area contributed by atoms with Crippen LogP contribution in [0.3, 0.4) is 0 Å². The summed E-state index contributed by atoms with van der Waals surface area (Å²) >= 11 is 2.14. The Bertz CT molecular complexity index is 297. The van der Waals surface area contributed by atoms with Crippen molar-refractivity contribution in [3.8, 4) is 0 Å². The lowest BCUT2D eigenvalue weighted by molar-refractivity contribution is 0.132. The number of hydrogen-bond donors (Lipinski definition) is 2. The molecule has 0 aliphatic heterocycles. The normalized spacial score (nSPS) is 13.8. The Morgan fingerprint density at radius 1 is 1.43 bits per heavy atom. The number of halogens is 1. The van der Waals surface area contributed by atoms with Gasteiger partial charge in [-0.3, -0.25) is 0 Å². The summed E-state index contributed by atoms with van der Waals surface area (Å²) in [6.07, 6.45) is 2.99. The average Bonchev–Trinajstić information content (AvgIpc) is 2.08. The number of hydrogen-bond acceptors (Lipinski definition) is 4. The summed E-state index contributed by atoms with van der Waals surface area (Å²) in [5.41, 5.74) is -0.424. The molecule has 2 N–H and O–H groups in total. The van der Waals surface area contributed by atoms with E-state index < -0.39 is 11.6 Å². The van der Waals surface area contributed by atoms with Gasteiger partial charge in [-0.05, 0) is 43.4 Å². The summed E-state index contributed by atoms with van der Waals surface area (Å²) in [6, 6.07) is 0. The molecule has 0 spiro atoms. The van der Waals surface area contributed by atoms with E-state index >= 15 is 0 Å². The highest BCUT2D eigenvalue weighted by Gasteiger charge is 2.24. The number of aliphatic hydroxyl groups is 1. The Morgan fingerprint density at radius 2 is 1.93 bits per heavy atom. The molecule has 0 aromatic carbocycles. The van der Waals surface area contributed by atoms with E-state index in [1.165, 1.54) is 0 Å². The highest BCUT2D eigenvalue weighted by molar-refractivity contribution is 14.1. The van der Waals surface area contributed by atoms with E-state index in [-0.39, 0.29) is 0 Å².